The number of fused-ring (bicyclic) bond motifs is 1. The molecule has 1 aromatic heterocycles. The minimum atomic E-state index is -0.157. The van der Waals surface area contributed by atoms with Crippen LogP contribution in [-0.4, -0.2) is 41.4 Å². The van der Waals surface area contributed by atoms with Crippen LogP contribution >= 0.6 is 0 Å². The lowest BCUT2D eigenvalue weighted by molar-refractivity contribution is -0.0948. The normalized spacial score (nSPS) is 20.7. The van der Waals surface area contributed by atoms with Crippen LogP contribution in [0.25, 0.3) is 0 Å². The lowest BCUT2D eigenvalue weighted by atomic mass is 10.2. The van der Waals surface area contributed by atoms with Gasteiger partial charge in [-0.15, -0.1) is 0 Å². The van der Waals surface area contributed by atoms with Gasteiger partial charge in [0.15, 0.2) is 17.3 Å². The number of aromatic nitrogens is 3. The quantitative estimate of drug-likeness (QED) is 0.844. The second-order valence-corrected chi connectivity index (χ2v) is 4.90. The van der Waals surface area contributed by atoms with Gasteiger partial charge in [-0.3, -0.25) is 0 Å². The van der Waals surface area contributed by atoms with E-state index < -0.39 is 0 Å². The highest BCUT2D eigenvalue weighted by molar-refractivity contribution is 5.44. The minimum absolute atomic E-state index is 0.157. The molecule has 7 heteroatoms. The molecule has 7 nitrogen and oxygen atoms in total. The molecule has 0 bridgehead atoms. The summed E-state index contributed by atoms with van der Waals surface area (Å²) in [5.74, 6) is 2.33. The van der Waals surface area contributed by atoms with E-state index in [-0.39, 0.29) is 12.9 Å². The summed E-state index contributed by atoms with van der Waals surface area (Å²) in [6.07, 6.45) is 1.38. The summed E-state index contributed by atoms with van der Waals surface area (Å²) in [6.45, 7) is 2.61. The van der Waals surface area contributed by atoms with E-state index in [1.807, 2.05) is 22.9 Å². The van der Waals surface area contributed by atoms with Crippen LogP contribution < -0.4 is 9.47 Å². The molecular formula is C14H15N3O4. The number of ether oxygens (including phenoxy) is 4. The fourth-order valence-electron chi connectivity index (χ4n) is 2.49. The SMILES string of the molecule is c1nc([C@@H]2COCCO2)n(Cc2ccc3c(c2)OCO3)n1. The van der Waals surface area contributed by atoms with Crippen molar-refractivity contribution in [3.8, 4) is 11.5 Å². The summed E-state index contributed by atoms with van der Waals surface area (Å²) >= 11 is 0. The molecule has 1 saturated heterocycles. The second kappa shape index (κ2) is 5.34. The average Bonchev–Trinajstić information content (AvgIpc) is 3.16. The molecule has 2 aromatic rings. The van der Waals surface area contributed by atoms with Gasteiger partial charge in [0.05, 0.1) is 26.4 Å². The van der Waals surface area contributed by atoms with Crippen molar-refractivity contribution < 1.29 is 18.9 Å². The molecule has 1 atom stereocenters. The van der Waals surface area contributed by atoms with Gasteiger partial charge in [0.25, 0.3) is 0 Å². The van der Waals surface area contributed by atoms with Gasteiger partial charge < -0.3 is 18.9 Å². The Morgan fingerprint density at radius 3 is 3.05 bits per heavy atom. The largest absolute Gasteiger partial charge is 0.454 e. The van der Waals surface area contributed by atoms with Crippen molar-refractivity contribution in [2.75, 3.05) is 26.6 Å². The number of rotatable bonds is 3. The summed E-state index contributed by atoms with van der Waals surface area (Å²) < 4.78 is 23.6. The smallest absolute Gasteiger partial charge is 0.231 e. The van der Waals surface area contributed by atoms with Crippen molar-refractivity contribution in [3.05, 3.63) is 35.9 Å². The van der Waals surface area contributed by atoms with Gasteiger partial charge in [-0.1, -0.05) is 6.07 Å². The highest BCUT2D eigenvalue weighted by atomic mass is 16.7. The van der Waals surface area contributed by atoms with Crippen molar-refractivity contribution in [2.45, 2.75) is 12.6 Å². The van der Waals surface area contributed by atoms with E-state index in [2.05, 4.69) is 10.1 Å². The first-order chi connectivity index (χ1) is 10.4. The molecule has 1 fully saturated rings. The standard InChI is InChI=1S/C14H15N3O4/c1-2-11-12(21-9-20-11)5-10(1)6-17-14(15-8-16-17)13-7-18-3-4-19-13/h1-2,5,8,13H,3-4,6-7,9H2/t13-/m0/s1. The van der Waals surface area contributed by atoms with E-state index in [1.54, 1.807) is 6.33 Å². The van der Waals surface area contributed by atoms with Gasteiger partial charge in [-0.25, -0.2) is 9.67 Å². The van der Waals surface area contributed by atoms with Crippen LogP contribution in [0.5, 0.6) is 11.5 Å². The van der Waals surface area contributed by atoms with Gasteiger partial charge >= 0.3 is 0 Å². The molecule has 110 valence electrons. The maximum atomic E-state index is 5.68. The Morgan fingerprint density at radius 1 is 1.19 bits per heavy atom. The molecule has 1 aromatic carbocycles. The molecule has 0 saturated carbocycles. The van der Waals surface area contributed by atoms with E-state index in [4.69, 9.17) is 18.9 Å². The molecule has 0 aliphatic carbocycles. The van der Waals surface area contributed by atoms with Crippen LogP contribution in [0.2, 0.25) is 0 Å². The van der Waals surface area contributed by atoms with E-state index in [0.29, 0.717) is 26.4 Å². The zero-order chi connectivity index (χ0) is 14.1. The highest BCUT2D eigenvalue weighted by Gasteiger charge is 2.22. The lowest BCUT2D eigenvalue weighted by Crippen LogP contribution is -2.25. The Labute approximate surface area is 121 Å². The Morgan fingerprint density at radius 2 is 2.14 bits per heavy atom. The van der Waals surface area contributed by atoms with Crippen LogP contribution in [0.15, 0.2) is 24.5 Å². The predicted octanol–water partition coefficient (Wildman–Crippen LogP) is 1.14. The molecule has 21 heavy (non-hydrogen) atoms. The Bertz CT molecular complexity index is 637. The van der Waals surface area contributed by atoms with Gasteiger partial charge in [-0.2, -0.15) is 5.10 Å². The zero-order valence-corrected chi connectivity index (χ0v) is 11.4. The third-order valence-corrected chi connectivity index (χ3v) is 3.52. The van der Waals surface area contributed by atoms with E-state index >= 15 is 0 Å². The Hall–Kier alpha value is -2.12. The van der Waals surface area contributed by atoms with E-state index in [9.17, 15) is 0 Å². The first-order valence-electron chi connectivity index (χ1n) is 6.86. The minimum Gasteiger partial charge on any atom is -0.454 e. The number of hydrogen-bond donors (Lipinski definition) is 0. The van der Waals surface area contributed by atoms with Crippen LogP contribution in [0.1, 0.15) is 17.5 Å². The van der Waals surface area contributed by atoms with E-state index in [0.717, 1.165) is 22.9 Å². The summed E-state index contributed by atoms with van der Waals surface area (Å²) in [6, 6.07) is 5.87. The molecular weight excluding hydrogens is 274 g/mol. The summed E-state index contributed by atoms with van der Waals surface area (Å²) in [7, 11) is 0. The molecule has 2 aliphatic rings. The van der Waals surface area contributed by atoms with Crippen LogP contribution in [0.4, 0.5) is 0 Å². The van der Waals surface area contributed by atoms with Crippen molar-refractivity contribution in [2.24, 2.45) is 0 Å². The average molecular weight is 289 g/mol. The maximum Gasteiger partial charge on any atom is 0.231 e. The fourth-order valence-corrected chi connectivity index (χ4v) is 2.49. The first-order valence-corrected chi connectivity index (χ1v) is 6.86. The van der Waals surface area contributed by atoms with E-state index in [1.165, 1.54) is 0 Å². The van der Waals surface area contributed by atoms with Crippen LogP contribution in [0, 0.1) is 0 Å². The van der Waals surface area contributed by atoms with Crippen molar-refractivity contribution in [1.29, 1.82) is 0 Å². The van der Waals surface area contributed by atoms with Gasteiger partial charge in [0.2, 0.25) is 6.79 Å². The second-order valence-electron chi connectivity index (χ2n) is 4.90. The molecule has 0 unspecified atom stereocenters. The van der Waals surface area contributed by atoms with Crippen molar-refractivity contribution in [1.82, 2.24) is 14.8 Å². The highest BCUT2D eigenvalue weighted by Crippen LogP contribution is 2.32. The van der Waals surface area contributed by atoms with Gasteiger partial charge in [0, 0.05) is 0 Å². The third kappa shape index (κ3) is 2.45. The topological polar surface area (TPSA) is 67.6 Å². The van der Waals surface area contributed by atoms with Crippen molar-refractivity contribution in [3.63, 3.8) is 0 Å². The van der Waals surface area contributed by atoms with Gasteiger partial charge in [0.1, 0.15) is 12.4 Å². The number of hydrogen-bond acceptors (Lipinski definition) is 6. The lowest BCUT2D eigenvalue weighted by Gasteiger charge is -2.22. The summed E-state index contributed by atoms with van der Waals surface area (Å²) in [5.41, 5.74) is 1.07. The Kier molecular flexibility index (Phi) is 3.21. The fraction of sp³-hybridized carbons (Fsp3) is 0.429. The monoisotopic (exact) mass is 289 g/mol. The molecule has 0 spiro atoms. The molecule has 3 heterocycles. The molecule has 0 amide bonds. The van der Waals surface area contributed by atoms with Crippen LogP contribution in [0.3, 0.4) is 0 Å². The predicted molar refractivity (Wildman–Crippen MR) is 71.2 cm³/mol. The van der Waals surface area contributed by atoms with Crippen LogP contribution in [-0.2, 0) is 16.0 Å². The molecule has 0 N–H and O–H groups in total. The Balaban J connectivity index is 1.56. The summed E-state index contributed by atoms with van der Waals surface area (Å²) in [4.78, 5) is 4.30. The molecule has 4 rings (SSSR count). The first kappa shape index (κ1) is 12.6. The maximum absolute atomic E-state index is 5.68. The number of nitrogens with zero attached hydrogens (tertiary/aromatic N) is 3. The molecule has 2 aliphatic heterocycles. The molecule has 0 radical (unpaired) electrons. The third-order valence-electron chi connectivity index (χ3n) is 3.52. The van der Waals surface area contributed by atoms with Crippen molar-refractivity contribution >= 4 is 0 Å². The zero-order valence-electron chi connectivity index (χ0n) is 11.4. The summed E-state index contributed by atoms with van der Waals surface area (Å²) in [5, 5.41) is 4.28. The van der Waals surface area contributed by atoms with Gasteiger partial charge in [-0.05, 0) is 17.7 Å². The number of benzene rings is 1.